The van der Waals surface area contributed by atoms with E-state index in [9.17, 15) is 4.79 Å². The first kappa shape index (κ1) is 16.1. The third kappa shape index (κ3) is 5.56. The van der Waals surface area contributed by atoms with Gasteiger partial charge in [0, 0.05) is 23.7 Å². The number of ether oxygens (including phenoxy) is 1. The number of hydrogen-bond acceptors (Lipinski definition) is 3. The molecule has 0 spiro atoms. The molecule has 1 saturated carbocycles. The van der Waals surface area contributed by atoms with Crippen LogP contribution in [0.2, 0.25) is 5.02 Å². The minimum atomic E-state index is -0.0906. The van der Waals surface area contributed by atoms with E-state index >= 15 is 0 Å². The summed E-state index contributed by atoms with van der Waals surface area (Å²) in [6.45, 7) is 6.94. The first-order chi connectivity index (χ1) is 9.85. The standard InChI is InChI=1S/C16H23ClN2O2/c1-16(2,3)18-9-11-5-4-6-13(17)15(11)21-10-14(20)19-12-7-8-12/h4-6,12,18H,7-10H2,1-3H3,(H,19,20). The van der Waals surface area contributed by atoms with Gasteiger partial charge in [-0.05, 0) is 39.7 Å². The summed E-state index contributed by atoms with van der Waals surface area (Å²) in [7, 11) is 0. The molecule has 1 fully saturated rings. The van der Waals surface area contributed by atoms with Gasteiger partial charge in [0.1, 0.15) is 5.75 Å². The Balaban J connectivity index is 1.97. The summed E-state index contributed by atoms with van der Waals surface area (Å²) in [6, 6.07) is 5.96. The molecule has 0 heterocycles. The molecule has 0 unspecified atom stereocenters. The van der Waals surface area contributed by atoms with Crippen molar-refractivity contribution in [3.05, 3.63) is 28.8 Å². The number of rotatable bonds is 6. The molecule has 2 rings (SSSR count). The Morgan fingerprint density at radius 1 is 1.38 bits per heavy atom. The van der Waals surface area contributed by atoms with Crippen molar-refractivity contribution in [1.29, 1.82) is 0 Å². The number of benzene rings is 1. The van der Waals surface area contributed by atoms with Crippen LogP contribution < -0.4 is 15.4 Å². The molecule has 0 aliphatic heterocycles. The lowest BCUT2D eigenvalue weighted by molar-refractivity contribution is -0.123. The minimum Gasteiger partial charge on any atom is -0.482 e. The summed E-state index contributed by atoms with van der Waals surface area (Å²) in [5.74, 6) is 0.494. The molecule has 1 aromatic rings. The average Bonchev–Trinajstić information content (AvgIpc) is 3.18. The van der Waals surface area contributed by atoms with E-state index in [4.69, 9.17) is 16.3 Å². The van der Waals surface area contributed by atoms with Crippen molar-refractivity contribution in [2.75, 3.05) is 6.61 Å². The lowest BCUT2D eigenvalue weighted by Crippen LogP contribution is -2.35. The van der Waals surface area contributed by atoms with Gasteiger partial charge >= 0.3 is 0 Å². The average molecular weight is 311 g/mol. The van der Waals surface area contributed by atoms with Crippen molar-refractivity contribution in [3.8, 4) is 5.75 Å². The van der Waals surface area contributed by atoms with E-state index in [1.807, 2.05) is 12.1 Å². The topological polar surface area (TPSA) is 50.4 Å². The van der Waals surface area contributed by atoms with E-state index < -0.39 is 0 Å². The fraction of sp³-hybridized carbons (Fsp3) is 0.562. The van der Waals surface area contributed by atoms with Gasteiger partial charge in [-0.25, -0.2) is 0 Å². The van der Waals surface area contributed by atoms with Crippen molar-refractivity contribution in [1.82, 2.24) is 10.6 Å². The number of halogens is 1. The molecule has 5 heteroatoms. The van der Waals surface area contributed by atoms with Gasteiger partial charge in [-0.1, -0.05) is 23.7 Å². The zero-order chi connectivity index (χ0) is 15.5. The first-order valence-electron chi connectivity index (χ1n) is 7.30. The second-order valence-corrected chi connectivity index (χ2v) is 6.87. The quantitative estimate of drug-likeness (QED) is 0.849. The Hall–Kier alpha value is -1.26. The summed E-state index contributed by atoms with van der Waals surface area (Å²) in [5.41, 5.74) is 0.958. The normalized spacial score (nSPS) is 14.9. The molecule has 4 nitrogen and oxygen atoms in total. The van der Waals surface area contributed by atoms with E-state index in [1.54, 1.807) is 6.07 Å². The van der Waals surface area contributed by atoms with Gasteiger partial charge in [0.25, 0.3) is 5.91 Å². The molecule has 116 valence electrons. The van der Waals surface area contributed by atoms with E-state index in [-0.39, 0.29) is 18.1 Å². The number of para-hydroxylation sites is 1. The third-order valence-corrected chi connectivity index (χ3v) is 3.45. The second-order valence-electron chi connectivity index (χ2n) is 6.46. The van der Waals surface area contributed by atoms with Crippen LogP contribution in [0.1, 0.15) is 39.2 Å². The van der Waals surface area contributed by atoms with Crippen LogP contribution in [-0.2, 0) is 11.3 Å². The monoisotopic (exact) mass is 310 g/mol. The lowest BCUT2D eigenvalue weighted by atomic mass is 10.1. The highest BCUT2D eigenvalue weighted by atomic mass is 35.5. The van der Waals surface area contributed by atoms with Crippen LogP contribution in [0.4, 0.5) is 0 Å². The Kier molecular flexibility index (Phi) is 5.12. The zero-order valence-electron chi connectivity index (χ0n) is 12.8. The molecular weight excluding hydrogens is 288 g/mol. The maximum Gasteiger partial charge on any atom is 0.258 e. The molecule has 1 amide bonds. The maximum atomic E-state index is 11.7. The van der Waals surface area contributed by atoms with Gasteiger partial charge < -0.3 is 15.4 Å². The number of hydrogen-bond donors (Lipinski definition) is 2. The second kappa shape index (κ2) is 6.67. The minimum absolute atomic E-state index is 0.00273. The predicted molar refractivity (Wildman–Crippen MR) is 84.7 cm³/mol. The Bertz CT molecular complexity index is 507. The highest BCUT2D eigenvalue weighted by molar-refractivity contribution is 6.32. The molecule has 1 aliphatic carbocycles. The van der Waals surface area contributed by atoms with Crippen molar-refractivity contribution in [2.45, 2.75) is 51.7 Å². The molecule has 0 radical (unpaired) electrons. The number of amides is 1. The molecule has 0 atom stereocenters. The zero-order valence-corrected chi connectivity index (χ0v) is 13.6. The molecule has 0 bridgehead atoms. The third-order valence-electron chi connectivity index (χ3n) is 3.15. The molecule has 0 aromatic heterocycles. The van der Waals surface area contributed by atoms with Crippen molar-refractivity contribution >= 4 is 17.5 Å². The van der Waals surface area contributed by atoms with Gasteiger partial charge in [0.2, 0.25) is 0 Å². The smallest absolute Gasteiger partial charge is 0.258 e. The number of carbonyl (C=O) groups is 1. The van der Waals surface area contributed by atoms with E-state index in [0.29, 0.717) is 23.4 Å². The Morgan fingerprint density at radius 2 is 2.10 bits per heavy atom. The summed E-state index contributed by atoms with van der Waals surface area (Å²) in [6.07, 6.45) is 2.14. The molecule has 2 N–H and O–H groups in total. The highest BCUT2D eigenvalue weighted by Crippen LogP contribution is 2.29. The lowest BCUT2D eigenvalue weighted by Gasteiger charge is -2.22. The van der Waals surface area contributed by atoms with Crippen LogP contribution in [0.15, 0.2) is 18.2 Å². The number of nitrogens with one attached hydrogen (secondary N) is 2. The van der Waals surface area contributed by atoms with Crippen molar-refractivity contribution in [3.63, 3.8) is 0 Å². The number of carbonyl (C=O) groups excluding carboxylic acids is 1. The van der Waals surface area contributed by atoms with E-state index in [2.05, 4.69) is 31.4 Å². The summed E-state index contributed by atoms with van der Waals surface area (Å²) in [5, 5.41) is 6.82. The fourth-order valence-corrected chi connectivity index (χ4v) is 2.10. The van der Waals surface area contributed by atoms with E-state index in [1.165, 1.54) is 0 Å². The molecule has 1 aromatic carbocycles. The van der Waals surface area contributed by atoms with Crippen LogP contribution in [-0.4, -0.2) is 24.1 Å². The largest absolute Gasteiger partial charge is 0.482 e. The van der Waals surface area contributed by atoms with Crippen LogP contribution in [0.3, 0.4) is 0 Å². The summed E-state index contributed by atoms with van der Waals surface area (Å²) < 4.78 is 5.64. The van der Waals surface area contributed by atoms with Crippen LogP contribution >= 0.6 is 11.6 Å². The maximum absolute atomic E-state index is 11.7. The molecule has 1 aliphatic rings. The van der Waals surface area contributed by atoms with Gasteiger partial charge in [-0.3, -0.25) is 4.79 Å². The molecular formula is C16H23ClN2O2. The van der Waals surface area contributed by atoms with Crippen molar-refractivity contribution in [2.24, 2.45) is 0 Å². The van der Waals surface area contributed by atoms with Gasteiger partial charge in [0.05, 0.1) is 5.02 Å². The predicted octanol–water partition coefficient (Wildman–Crippen LogP) is 2.89. The SMILES string of the molecule is CC(C)(C)NCc1cccc(Cl)c1OCC(=O)NC1CC1. The van der Waals surface area contributed by atoms with Crippen LogP contribution in [0.25, 0.3) is 0 Å². The molecule has 21 heavy (non-hydrogen) atoms. The Morgan fingerprint density at radius 3 is 2.71 bits per heavy atom. The Labute approximate surface area is 131 Å². The first-order valence-corrected chi connectivity index (χ1v) is 7.67. The summed E-state index contributed by atoms with van der Waals surface area (Å²) >= 11 is 6.20. The highest BCUT2D eigenvalue weighted by Gasteiger charge is 2.23. The summed E-state index contributed by atoms with van der Waals surface area (Å²) in [4.78, 5) is 11.7. The van der Waals surface area contributed by atoms with Gasteiger partial charge in [0.15, 0.2) is 6.61 Å². The molecule has 0 saturated heterocycles. The van der Waals surface area contributed by atoms with Gasteiger partial charge in [-0.2, -0.15) is 0 Å². The fourth-order valence-electron chi connectivity index (χ4n) is 1.85. The van der Waals surface area contributed by atoms with E-state index in [0.717, 1.165) is 18.4 Å². The van der Waals surface area contributed by atoms with Crippen molar-refractivity contribution < 1.29 is 9.53 Å². The van der Waals surface area contributed by atoms with Gasteiger partial charge in [-0.15, -0.1) is 0 Å². The van der Waals surface area contributed by atoms with Crippen LogP contribution in [0.5, 0.6) is 5.75 Å². The van der Waals surface area contributed by atoms with Crippen LogP contribution in [0, 0.1) is 0 Å².